The lowest BCUT2D eigenvalue weighted by Gasteiger charge is -2.21. The number of amides is 4. The summed E-state index contributed by atoms with van der Waals surface area (Å²) in [7, 11) is 0. The molecule has 5 N–H and O–H groups in total. The van der Waals surface area contributed by atoms with Crippen LogP contribution in [0.4, 0.5) is 10.5 Å². The standard InChI is InChI=1S/C21H32N4O3/c1-14(2)11-18(25-21(22)28)20(27)23-13-15-7-6-10-17(12-15)24-19(26)16-8-4-3-5-9-16/h6-7,10,12,14,16,18H,3-5,8-9,11,13H2,1-2H3,(H,23,27)(H,24,26)(H3,22,25,28). The topological polar surface area (TPSA) is 113 Å². The van der Waals surface area contributed by atoms with E-state index in [-0.39, 0.29) is 23.7 Å². The molecule has 154 valence electrons. The zero-order valence-corrected chi connectivity index (χ0v) is 16.8. The van der Waals surface area contributed by atoms with Crippen molar-refractivity contribution in [3.05, 3.63) is 29.8 Å². The smallest absolute Gasteiger partial charge is 0.312 e. The van der Waals surface area contributed by atoms with Crippen LogP contribution in [0.3, 0.4) is 0 Å². The van der Waals surface area contributed by atoms with Crippen molar-refractivity contribution in [1.29, 1.82) is 0 Å². The number of hydrogen-bond acceptors (Lipinski definition) is 3. The van der Waals surface area contributed by atoms with E-state index in [0.29, 0.717) is 13.0 Å². The molecule has 28 heavy (non-hydrogen) atoms. The van der Waals surface area contributed by atoms with Crippen LogP contribution in [0.1, 0.15) is 57.9 Å². The highest BCUT2D eigenvalue weighted by Crippen LogP contribution is 2.25. The number of carbonyl (C=O) groups is 3. The van der Waals surface area contributed by atoms with Gasteiger partial charge in [-0.25, -0.2) is 4.79 Å². The van der Waals surface area contributed by atoms with Gasteiger partial charge >= 0.3 is 6.03 Å². The number of urea groups is 1. The first-order chi connectivity index (χ1) is 13.3. The van der Waals surface area contributed by atoms with Crippen molar-refractivity contribution in [2.75, 3.05) is 5.32 Å². The second-order valence-electron chi connectivity index (χ2n) is 7.93. The van der Waals surface area contributed by atoms with Gasteiger partial charge in [-0.15, -0.1) is 0 Å². The lowest BCUT2D eigenvalue weighted by atomic mass is 9.88. The van der Waals surface area contributed by atoms with Crippen LogP contribution in [0.2, 0.25) is 0 Å². The Balaban J connectivity index is 1.91. The van der Waals surface area contributed by atoms with Gasteiger partial charge in [0.25, 0.3) is 0 Å². The predicted octanol–water partition coefficient (Wildman–Crippen LogP) is 2.90. The van der Waals surface area contributed by atoms with Gasteiger partial charge < -0.3 is 21.7 Å². The Morgan fingerprint density at radius 2 is 1.86 bits per heavy atom. The number of carbonyl (C=O) groups excluding carboxylic acids is 3. The first kappa shape index (κ1) is 21.7. The van der Waals surface area contributed by atoms with E-state index in [4.69, 9.17) is 5.73 Å². The Labute approximate surface area is 166 Å². The van der Waals surface area contributed by atoms with Crippen molar-refractivity contribution >= 4 is 23.5 Å². The van der Waals surface area contributed by atoms with Gasteiger partial charge in [0.2, 0.25) is 11.8 Å². The minimum absolute atomic E-state index is 0.0727. The van der Waals surface area contributed by atoms with Gasteiger partial charge in [-0.05, 0) is 42.9 Å². The third kappa shape index (κ3) is 7.21. The molecule has 7 nitrogen and oxygen atoms in total. The third-order valence-electron chi connectivity index (χ3n) is 4.98. The molecule has 7 heteroatoms. The van der Waals surface area contributed by atoms with Crippen LogP contribution >= 0.6 is 0 Å². The lowest BCUT2D eigenvalue weighted by molar-refractivity contribution is -0.123. The fraction of sp³-hybridized carbons (Fsp3) is 0.571. The Morgan fingerprint density at radius 1 is 1.14 bits per heavy atom. The van der Waals surface area contributed by atoms with Crippen LogP contribution in [-0.4, -0.2) is 23.9 Å². The molecule has 0 spiro atoms. The molecule has 0 bridgehead atoms. The Bertz CT molecular complexity index is 684. The molecule has 1 aliphatic carbocycles. The summed E-state index contributed by atoms with van der Waals surface area (Å²) in [6.45, 7) is 4.25. The third-order valence-corrected chi connectivity index (χ3v) is 4.98. The summed E-state index contributed by atoms with van der Waals surface area (Å²) in [6.07, 6.45) is 5.84. The van der Waals surface area contributed by atoms with Gasteiger partial charge in [0.1, 0.15) is 6.04 Å². The monoisotopic (exact) mass is 388 g/mol. The first-order valence-electron chi connectivity index (χ1n) is 10.1. The highest BCUT2D eigenvalue weighted by atomic mass is 16.2. The van der Waals surface area contributed by atoms with Crippen molar-refractivity contribution in [1.82, 2.24) is 10.6 Å². The van der Waals surface area contributed by atoms with Crippen molar-refractivity contribution in [3.8, 4) is 0 Å². The second kappa shape index (κ2) is 10.7. The minimum Gasteiger partial charge on any atom is -0.352 e. The first-order valence-corrected chi connectivity index (χ1v) is 10.1. The van der Waals surface area contributed by atoms with E-state index in [1.807, 2.05) is 38.1 Å². The average molecular weight is 389 g/mol. The summed E-state index contributed by atoms with van der Waals surface area (Å²) >= 11 is 0. The minimum atomic E-state index is -0.715. The molecule has 0 aliphatic heterocycles. The number of anilines is 1. The van der Waals surface area contributed by atoms with E-state index < -0.39 is 12.1 Å². The molecule has 1 aromatic carbocycles. The fourth-order valence-electron chi connectivity index (χ4n) is 3.56. The van der Waals surface area contributed by atoms with Crippen LogP contribution in [0.5, 0.6) is 0 Å². The molecule has 2 rings (SSSR count). The van der Waals surface area contributed by atoms with E-state index in [1.54, 1.807) is 0 Å². The molecule has 0 saturated heterocycles. The number of nitrogens with one attached hydrogen (secondary N) is 3. The van der Waals surface area contributed by atoms with E-state index in [9.17, 15) is 14.4 Å². The van der Waals surface area contributed by atoms with E-state index in [1.165, 1.54) is 6.42 Å². The van der Waals surface area contributed by atoms with Crippen LogP contribution in [0, 0.1) is 11.8 Å². The van der Waals surface area contributed by atoms with Gasteiger partial charge in [-0.2, -0.15) is 0 Å². The zero-order chi connectivity index (χ0) is 20.5. The average Bonchev–Trinajstić information content (AvgIpc) is 2.66. The fourth-order valence-corrected chi connectivity index (χ4v) is 3.56. The summed E-state index contributed by atoms with van der Waals surface area (Å²) in [4.78, 5) is 36.0. The number of hydrogen-bond donors (Lipinski definition) is 4. The molecule has 1 aromatic rings. The van der Waals surface area contributed by atoms with E-state index in [0.717, 1.165) is 36.9 Å². The molecular weight excluding hydrogens is 356 g/mol. The molecule has 4 amide bonds. The van der Waals surface area contributed by atoms with Crippen LogP contribution in [-0.2, 0) is 16.1 Å². The summed E-state index contributed by atoms with van der Waals surface area (Å²) < 4.78 is 0. The highest BCUT2D eigenvalue weighted by molar-refractivity contribution is 5.92. The SMILES string of the molecule is CC(C)CC(NC(N)=O)C(=O)NCc1cccc(NC(=O)C2CCCCC2)c1. The summed E-state index contributed by atoms with van der Waals surface area (Å²) in [6, 6.07) is 6.07. The normalized spacial score (nSPS) is 15.7. The number of nitrogens with two attached hydrogens (primary N) is 1. The Kier molecular flexibility index (Phi) is 8.29. The lowest BCUT2D eigenvalue weighted by Crippen LogP contribution is -2.49. The maximum Gasteiger partial charge on any atom is 0.312 e. The largest absolute Gasteiger partial charge is 0.352 e. The van der Waals surface area contributed by atoms with Crippen molar-refractivity contribution in [2.45, 2.75) is 65.0 Å². The molecule has 0 heterocycles. The maximum atomic E-state index is 12.4. The van der Waals surface area contributed by atoms with Crippen LogP contribution in [0.25, 0.3) is 0 Å². The molecule has 1 aliphatic rings. The Morgan fingerprint density at radius 3 is 2.50 bits per heavy atom. The van der Waals surface area contributed by atoms with Crippen molar-refractivity contribution in [3.63, 3.8) is 0 Å². The number of primary amides is 1. The second-order valence-corrected chi connectivity index (χ2v) is 7.93. The number of rotatable bonds is 8. The zero-order valence-electron chi connectivity index (χ0n) is 16.8. The van der Waals surface area contributed by atoms with Crippen LogP contribution in [0.15, 0.2) is 24.3 Å². The molecular formula is C21H32N4O3. The highest BCUT2D eigenvalue weighted by Gasteiger charge is 2.22. The van der Waals surface area contributed by atoms with E-state index in [2.05, 4.69) is 16.0 Å². The van der Waals surface area contributed by atoms with Crippen molar-refractivity contribution in [2.24, 2.45) is 17.6 Å². The number of benzene rings is 1. The molecule has 1 saturated carbocycles. The van der Waals surface area contributed by atoms with Crippen molar-refractivity contribution < 1.29 is 14.4 Å². The van der Waals surface area contributed by atoms with E-state index >= 15 is 0 Å². The molecule has 1 fully saturated rings. The predicted molar refractivity (Wildman–Crippen MR) is 109 cm³/mol. The van der Waals surface area contributed by atoms with Gasteiger partial charge in [-0.3, -0.25) is 9.59 Å². The molecule has 0 radical (unpaired) electrons. The van der Waals surface area contributed by atoms with Gasteiger partial charge in [0, 0.05) is 18.2 Å². The molecule has 0 aromatic heterocycles. The summed E-state index contributed by atoms with van der Waals surface area (Å²) in [5.41, 5.74) is 6.78. The van der Waals surface area contributed by atoms with Crippen LogP contribution < -0.4 is 21.7 Å². The summed E-state index contributed by atoms with van der Waals surface area (Å²) in [5, 5.41) is 8.31. The quantitative estimate of drug-likeness (QED) is 0.549. The Hall–Kier alpha value is -2.57. The maximum absolute atomic E-state index is 12.4. The summed E-state index contributed by atoms with van der Waals surface area (Å²) in [5.74, 6) is 0.127. The van der Waals surface area contributed by atoms with Gasteiger partial charge in [0.05, 0.1) is 0 Å². The van der Waals surface area contributed by atoms with Gasteiger partial charge in [-0.1, -0.05) is 45.2 Å². The van der Waals surface area contributed by atoms with Gasteiger partial charge in [0.15, 0.2) is 0 Å². The molecule has 1 atom stereocenters. The molecule has 1 unspecified atom stereocenters.